The molecule has 11 heteroatoms. The van der Waals surface area contributed by atoms with Crippen LogP contribution in [-0.2, 0) is 4.74 Å². The molecule has 2 heterocycles. The highest BCUT2D eigenvalue weighted by Gasteiger charge is 2.45. The number of hydrogen-bond acceptors (Lipinski definition) is 11. The lowest BCUT2D eigenvalue weighted by Crippen LogP contribution is -2.60. The van der Waals surface area contributed by atoms with Crippen molar-refractivity contribution in [1.82, 2.24) is 0 Å². The van der Waals surface area contributed by atoms with Crippen LogP contribution in [0, 0.1) is 0 Å². The van der Waals surface area contributed by atoms with E-state index < -0.39 is 48.5 Å². The molecule has 3 aromatic rings. The third-order valence-corrected chi connectivity index (χ3v) is 5.14. The van der Waals surface area contributed by atoms with Crippen LogP contribution in [0.1, 0.15) is 0 Å². The summed E-state index contributed by atoms with van der Waals surface area (Å²) < 4.78 is 21.5. The van der Waals surface area contributed by atoms with Gasteiger partial charge in [-0.15, -0.1) is 0 Å². The van der Waals surface area contributed by atoms with Gasteiger partial charge in [0.25, 0.3) is 0 Å². The van der Waals surface area contributed by atoms with Crippen LogP contribution in [0.2, 0.25) is 0 Å². The monoisotopic (exact) mass is 436 g/mol. The van der Waals surface area contributed by atoms with Crippen molar-refractivity contribution in [2.45, 2.75) is 30.7 Å². The predicted octanol–water partition coefficient (Wildman–Crippen LogP) is -0.455. The van der Waals surface area contributed by atoms with Crippen LogP contribution < -0.4 is 14.9 Å². The Morgan fingerprint density at radius 1 is 0.968 bits per heavy atom. The molecule has 0 amide bonds. The van der Waals surface area contributed by atoms with E-state index in [1.54, 1.807) is 0 Å². The first kappa shape index (κ1) is 21.2. The first-order valence-electron chi connectivity index (χ1n) is 9.23. The standard InChI is InChI=1S/C20H20O11/c1-28-9-3-2-8-14(15(9)23)17(25)13-10(29-8)4-7(22)5-11(13)30-20-19(27)18(26)16(24)12(6-21)31-20/h2-5,12,16,18-24,26-27H,6H2,1H3/t12-,16+,18+,19-,20+/m0/s1. The van der Waals surface area contributed by atoms with Crippen molar-refractivity contribution in [2.24, 2.45) is 0 Å². The molecule has 0 saturated carbocycles. The molecule has 166 valence electrons. The maximum atomic E-state index is 13.2. The van der Waals surface area contributed by atoms with E-state index in [1.165, 1.54) is 19.2 Å². The molecule has 2 aromatic carbocycles. The Balaban J connectivity index is 1.88. The molecule has 1 saturated heterocycles. The normalized spacial score (nSPS) is 26.3. The summed E-state index contributed by atoms with van der Waals surface area (Å²) in [5.41, 5.74) is -0.769. The average molecular weight is 436 g/mol. The van der Waals surface area contributed by atoms with Crippen molar-refractivity contribution in [3.05, 3.63) is 34.5 Å². The van der Waals surface area contributed by atoms with Crippen molar-refractivity contribution in [1.29, 1.82) is 0 Å². The second-order valence-electron chi connectivity index (χ2n) is 7.05. The third-order valence-electron chi connectivity index (χ3n) is 5.14. The number of methoxy groups -OCH3 is 1. The summed E-state index contributed by atoms with van der Waals surface area (Å²) in [5, 5.41) is 59.5. The Morgan fingerprint density at radius 3 is 2.39 bits per heavy atom. The Hall–Kier alpha value is -3.09. The van der Waals surface area contributed by atoms with E-state index in [1.807, 2.05) is 0 Å². The number of rotatable bonds is 4. The van der Waals surface area contributed by atoms with E-state index >= 15 is 0 Å². The van der Waals surface area contributed by atoms with Gasteiger partial charge in [0.15, 0.2) is 11.5 Å². The molecule has 5 atom stereocenters. The fourth-order valence-corrected chi connectivity index (χ4v) is 3.53. The lowest BCUT2D eigenvalue weighted by Gasteiger charge is -2.39. The number of hydrogen-bond donors (Lipinski definition) is 6. The first-order chi connectivity index (χ1) is 14.8. The van der Waals surface area contributed by atoms with Gasteiger partial charge in [-0.2, -0.15) is 0 Å². The number of aromatic hydroxyl groups is 2. The zero-order valence-corrected chi connectivity index (χ0v) is 16.1. The molecule has 31 heavy (non-hydrogen) atoms. The van der Waals surface area contributed by atoms with E-state index in [-0.39, 0.29) is 39.2 Å². The Labute approximate surface area is 173 Å². The van der Waals surface area contributed by atoms with Gasteiger partial charge in [-0.05, 0) is 12.1 Å². The fourth-order valence-electron chi connectivity index (χ4n) is 3.53. The van der Waals surface area contributed by atoms with Gasteiger partial charge in [0.1, 0.15) is 57.9 Å². The minimum atomic E-state index is -1.74. The van der Waals surface area contributed by atoms with Crippen LogP contribution in [0.5, 0.6) is 23.0 Å². The Kier molecular flexibility index (Phi) is 5.37. The van der Waals surface area contributed by atoms with Gasteiger partial charge in [0.05, 0.1) is 13.7 Å². The minimum Gasteiger partial charge on any atom is -0.508 e. The van der Waals surface area contributed by atoms with E-state index in [4.69, 9.17) is 18.6 Å². The van der Waals surface area contributed by atoms with Gasteiger partial charge in [0, 0.05) is 12.1 Å². The van der Waals surface area contributed by atoms with Gasteiger partial charge in [0.2, 0.25) is 11.7 Å². The smallest absolute Gasteiger partial charge is 0.229 e. The molecular weight excluding hydrogens is 416 g/mol. The highest BCUT2D eigenvalue weighted by Crippen LogP contribution is 2.37. The van der Waals surface area contributed by atoms with E-state index in [9.17, 15) is 35.4 Å². The van der Waals surface area contributed by atoms with Crippen molar-refractivity contribution >= 4 is 21.9 Å². The summed E-state index contributed by atoms with van der Waals surface area (Å²) >= 11 is 0. The zero-order chi connectivity index (χ0) is 22.4. The van der Waals surface area contributed by atoms with E-state index in [0.29, 0.717) is 0 Å². The van der Waals surface area contributed by atoms with Crippen LogP contribution in [0.4, 0.5) is 0 Å². The highest BCUT2D eigenvalue weighted by atomic mass is 16.7. The van der Waals surface area contributed by atoms with Gasteiger partial charge in [-0.3, -0.25) is 4.79 Å². The number of benzene rings is 2. The van der Waals surface area contributed by atoms with Crippen molar-refractivity contribution in [3.8, 4) is 23.0 Å². The predicted molar refractivity (Wildman–Crippen MR) is 104 cm³/mol. The number of aliphatic hydroxyl groups is 4. The molecule has 11 nitrogen and oxygen atoms in total. The number of phenolic OH excluding ortho intramolecular Hbond substituents is 2. The summed E-state index contributed by atoms with van der Waals surface area (Å²) in [7, 11) is 1.31. The van der Waals surface area contributed by atoms with Crippen LogP contribution in [0.3, 0.4) is 0 Å². The minimum absolute atomic E-state index is 0.0280. The summed E-state index contributed by atoms with van der Waals surface area (Å²) in [4.78, 5) is 13.2. The van der Waals surface area contributed by atoms with Crippen LogP contribution >= 0.6 is 0 Å². The SMILES string of the molecule is COc1ccc2oc3cc(O)cc(O[C@@H]4O[C@@H](CO)[C@@H](O)[C@@H](O)[C@@H]4O)c3c(=O)c2c1O. The second-order valence-corrected chi connectivity index (χ2v) is 7.05. The van der Waals surface area contributed by atoms with Gasteiger partial charge >= 0.3 is 0 Å². The molecule has 4 rings (SSSR count). The topological polar surface area (TPSA) is 179 Å². The van der Waals surface area contributed by atoms with Crippen LogP contribution in [0.25, 0.3) is 21.9 Å². The molecule has 1 aromatic heterocycles. The summed E-state index contributed by atoms with van der Waals surface area (Å²) in [6.07, 6.45) is -7.88. The molecular formula is C20H20O11. The quantitative estimate of drug-likeness (QED) is 0.292. The summed E-state index contributed by atoms with van der Waals surface area (Å²) in [6.45, 7) is -0.675. The number of ether oxygens (including phenoxy) is 3. The number of fused-ring (bicyclic) bond motifs is 2. The third kappa shape index (κ3) is 3.42. The fraction of sp³-hybridized carbons (Fsp3) is 0.350. The van der Waals surface area contributed by atoms with Crippen molar-refractivity contribution in [3.63, 3.8) is 0 Å². The molecule has 1 fully saturated rings. The van der Waals surface area contributed by atoms with Gasteiger partial charge in [-0.1, -0.05) is 0 Å². The van der Waals surface area contributed by atoms with Crippen LogP contribution in [0.15, 0.2) is 33.5 Å². The lowest BCUT2D eigenvalue weighted by molar-refractivity contribution is -0.277. The summed E-state index contributed by atoms with van der Waals surface area (Å²) in [5.74, 6) is -1.04. The van der Waals surface area contributed by atoms with Crippen LogP contribution in [-0.4, -0.2) is 75.1 Å². The number of aliphatic hydroxyl groups excluding tert-OH is 4. The molecule has 0 aliphatic carbocycles. The molecule has 0 unspecified atom stereocenters. The van der Waals surface area contributed by atoms with Crippen molar-refractivity contribution in [2.75, 3.05) is 13.7 Å². The lowest BCUT2D eigenvalue weighted by atomic mass is 9.99. The molecule has 1 aliphatic heterocycles. The van der Waals surface area contributed by atoms with Crippen molar-refractivity contribution < 1.29 is 49.3 Å². The largest absolute Gasteiger partial charge is 0.508 e. The maximum Gasteiger partial charge on any atom is 0.229 e. The van der Waals surface area contributed by atoms with E-state index in [0.717, 1.165) is 12.1 Å². The number of phenols is 2. The summed E-state index contributed by atoms with van der Waals surface area (Å²) in [6, 6.07) is 5.04. The van der Waals surface area contributed by atoms with Gasteiger partial charge < -0.3 is 49.3 Å². The molecule has 0 bridgehead atoms. The molecule has 0 radical (unpaired) electrons. The Morgan fingerprint density at radius 2 is 1.71 bits per heavy atom. The molecule has 1 aliphatic rings. The maximum absolute atomic E-state index is 13.2. The highest BCUT2D eigenvalue weighted by molar-refractivity contribution is 5.97. The first-order valence-corrected chi connectivity index (χ1v) is 9.23. The molecule has 0 spiro atoms. The molecule has 6 N–H and O–H groups in total. The van der Waals surface area contributed by atoms with E-state index in [2.05, 4.69) is 0 Å². The second kappa shape index (κ2) is 7.87. The van der Waals surface area contributed by atoms with Gasteiger partial charge in [-0.25, -0.2) is 0 Å². The zero-order valence-electron chi connectivity index (χ0n) is 16.1. The average Bonchev–Trinajstić information content (AvgIpc) is 2.73. The Bertz CT molecular complexity index is 1190.